The Hall–Kier alpha value is -3.94. The molecular weight excluding hydrogens is 1030 g/mol. The van der Waals surface area contributed by atoms with Crippen molar-refractivity contribution in [1.29, 1.82) is 0 Å². The van der Waals surface area contributed by atoms with E-state index < -0.39 is 67.4 Å². The molecule has 1 aliphatic rings. The Balaban J connectivity index is 2.67. The molecule has 0 aliphatic carbocycles. The molecule has 0 aromatic carbocycles. The minimum absolute atomic E-state index is 0.0384. The normalized spacial score (nSPS) is 19.4. The highest BCUT2D eigenvalue weighted by Crippen LogP contribution is 2.26. The fourth-order valence-electron chi connectivity index (χ4n) is 9.43. The quantitative estimate of drug-likeness (QED) is 0.0195. The van der Waals surface area contributed by atoms with Crippen LogP contribution >= 0.6 is 0 Å². The summed E-state index contributed by atoms with van der Waals surface area (Å²) < 4.78 is 17.6. The van der Waals surface area contributed by atoms with Crippen molar-refractivity contribution in [3.63, 3.8) is 0 Å². The van der Waals surface area contributed by atoms with Crippen LogP contribution in [0.2, 0.25) is 0 Å². The van der Waals surface area contributed by atoms with Crippen LogP contribution < -0.4 is 5.32 Å². The van der Waals surface area contributed by atoms with Crippen molar-refractivity contribution in [3.05, 3.63) is 122 Å². The zero-order chi connectivity index (χ0) is 59.6. The number of nitrogens with one attached hydrogen (secondary N) is 1. The van der Waals surface area contributed by atoms with Crippen molar-refractivity contribution in [2.45, 2.75) is 301 Å². The van der Waals surface area contributed by atoms with E-state index in [1.807, 2.05) is 18.2 Å². The summed E-state index contributed by atoms with van der Waals surface area (Å²) in [6, 6.07) is -1.05. The largest absolute Gasteiger partial charge is 0.454 e. The number of rotatable bonds is 54. The van der Waals surface area contributed by atoms with E-state index in [2.05, 4.69) is 123 Å². The molecule has 0 bridgehead atoms. The summed E-state index contributed by atoms with van der Waals surface area (Å²) in [6.07, 6.45) is 69.5. The first-order valence-corrected chi connectivity index (χ1v) is 32.8. The van der Waals surface area contributed by atoms with Crippen LogP contribution in [0.1, 0.15) is 252 Å². The molecule has 1 amide bonds. The van der Waals surface area contributed by atoms with Crippen LogP contribution in [-0.4, -0.2) is 99.6 Å². The van der Waals surface area contributed by atoms with Crippen LogP contribution in [0, 0.1) is 0 Å². The average molecular weight is 1150 g/mol. The van der Waals surface area contributed by atoms with Crippen LogP contribution in [0.25, 0.3) is 0 Å². The fourth-order valence-corrected chi connectivity index (χ4v) is 9.43. The number of esters is 1. The van der Waals surface area contributed by atoms with Gasteiger partial charge in [-0.1, -0.05) is 258 Å². The lowest BCUT2D eigenvalue weighted by molar-refractivity contribution is -0.305. The molecule has 6 N–H and O–H groups in total. The van der Waals surface area contributed by atoms with Crippen molar-refractivity contribution in [2.24, 2.45) is 0 Å². The second-order valence-corrected chi connectivity index (χ2v) is 22.1. The zero-order valence-corrected chi connectivity index (χ0v) is 51.8. The Morgan fingerprint density at radius 1 is 0.488 bits per heavy atom. The van der Waals surface area contributed by atoms with Gasteiger partial charge in [0.15, 0.2) is 12.4 Å². The highest BCUT2D eigenvalue weighted by molar-refractivity contribution is 5.80. The van der Waals surface area contributed by atoms with Crippen molar-refractivity contribution in [3.8, 4) is 0 Å². The summed E-state index contributed by atoms with van der Waals surface area (Å²) in [5, 5.41) is 57.1. The molecule has 1 rings (SSSR count). The maximum absolute atomic E-state index is 13.5. The number of amides is 1. The molecule has 0 aromatic heterocycles. The molecule has 1 heterocycles. The van der Waals surface area contributed by atoms with Gasteiger partial charge in [-0.25, -0.2) is 0 Å². The fraction of sp³-hybridized carbons (Fsp3) is 0.690. The average Bonchev–Trinajstić information content (AvgIpc) is 3.60. The monoisotopic (exact) mass is 1150 g/mol. The maximum atomic E-state index is 13.5. The first-order valence-electron chi connectivity index (χ1n) is 32.8. The number of aliphatic hydroxyl groups excluding tert-OH is 5. The predicted molar refractivity (Wildman–Crippen MR) is 342 cm³/mol. The molecule has 82 heavy (non-hydrogen) atoms. The van der Waals surface area contributed by atoms with Gasteiger partial charge in [-0.3, -0.25) is 9.59 Å². The molecule has 11 heteroatoms. The van der Waals surface area contributed by atoms with E-state index >= 15 is 0 Å². The summed E-state index contributed by atoms with van der Waals surface area (Å²) in [5.74, 6) is -1.27. The number of unbranched alkanes of at least 4 members (excludes halogenated alkanes) is 22. The van der Waals surface area contributed by atoms with Gasteiger partial charge in [0.25, 0.3) is 0 Å². The van der Waals surface area contributed by atoms with E-state index in [0.717, 1.165) is 109 Å². The molecule has 0 aromatic rings. The third kappa shape index (κ3) is 44.6. The Kier molecular flexibility index (Phi) is 53.3. The van der Waals surface area contributed by atoms with Gasteiger partial charge in [0.1, 0.15) is 24.4 Å². The third-order valence-electron chi connectivity index (χ3n) is 14.6. The molecule has 11 nitrogen and oxygen atoms in total. The van der Waals surface area contributed by atoms with Crippen LogP contribution in [0.15, 0.2) is 122 Å². The summed E-state index contributed by atoms with van der Waals surface area (Å²) in [6.45, 7) is 5.61. The minimum Gasteiger partial charge on any atom is -0.454 e. The predicted octanol–water partition coefficient (Wildman–Crippen LogP) is 16.2. The maximum Gasteiger partial charge on any atom is 0.306 e. The molecule has 1 aliphatic heterocycles. The number of carbonyl (C=O) groups excluding carboxylic acids is 2. The second kappa shape index (κ2) is 57.5. The molecule has 0 spiro atoms. The molecule has 0 radical (unpaired) electrons. The SMILES string of the molecule is CC/C=C\C/C=C\C/C=C\C/C=C\C/C=C\CCCC(=O)OC1C(OCC(NC(=O)C(O)CCCCCCCCCC/C=C\C/C=C\C/C=C\C/C=C\CCCCC)C(O)/C=C/CCCCCCCCCCCC)OC(CO)C(O)C1O. The highest BCUT2D eigenvalue weighted by atomic mass is 16.7. The Morgan fingerprint density at radius 2 is 0.878 bits per heavy atom. The van der Waals surface area contributed by atoms with E-state index in [9.17, 15) is 35.1 Å². The zero-order valence-electron chi connectivity index (χ0n) is 51.8. The van der Waals surface area contributed by atoms with Gasteiger partial charge in [-0.15, -0.1) is 0 Å². The standard InChI is InChI=1S/C71H119NO10/c1-4-7-10-13-16-19-22-25-27-29-30-31-32-33-34-35-37-38-40-43-46-49-52-55-58-64(75)70(79)72-62(63(74)57-54-51-48-45-42-24-21-18-15-12-9-6-3)61-80-71-69(68(78)67(77)65(60-73)81-71)82-66(76)59-56-53-50-47-44-41-39-36-28-26-23-20-17-14-11-8-5-2/h8,11,16-17,19-20,25-28,30-31,33-34,39,41,47,50,54,57,62-65,67-69,71,73-75,77-78H,4-7,9-10,12-15,18,21-24,29,32,35-38,40,42-46,48-49,51-53,55-56,58-61H2,1-3H3,(H,72,79)/b11-8-,19-16-,20-17-,27-25-,28-26-,31-30-,34-33-,41-39-,50-47-,57-54+. The van der Waals surface area contributed by atoms with Gasteiger partial charge in [0, 0.05) is 6.42 Å². The highest BCUT2D eigenvalue weighted by Gasteiger charge is 2.47. The van der Waals surface area contributed by atoms with Crippen LogP contribution in [0.5, 0.6) is 0 Å². The first-order chi connectivity index (χ1) is 40.2. The van der Waals surface area contributed by atoms with Crippen molar-refractivity contribution < 1.29 is 49.3 Å². The molecule has 0 saturated carbocycles. The number of aliphatic hydroxyl groups is 5. The summed E-state index contributed by atoms with van der Waals surface area (Å²) in [4.78, 5) is 26.6. The lowest BCUT2D eigenvalue weighted by Gasteiger charge is -2.41. The number of hydrogen-bond acceptors (Lipinski definition) is 10. The van der Waals surface area contributed by atoms with Gasteiger partial charge < -0.3 is 45.1 Å². The van der Waals surface area contributed by atoms with Crippen LogP contribution in [0.4, 0.5) is 0 Å². The Bertz CT molecular complexity index is 1800. The number of allylic oxidation sites excluding steroid dienone is 19. The van der Waals surface area contributed by atoms with Gasteiger partial charge in [-0.05, 0) is 109 Å². The van der Waals surface area contributed by atoms with Gasteiger partial charge in [-0.2, -0.15) is 0 Å². The number of ether oxygens (including phenoxy) is 3. The summed E-state index contributed by atoms with van der Waals surface area (Å²) >= 11 is 0. The topological polar surface area (TPSA) is 175 Å². The van der Waals surface area contributed by atoms with E-state index in [0.29, 0.717) is 19.3 Å². The second-order valence-electron chi connectivity index (χ2n) is 22.1. The van der Waals surface area contributed by atoms with Crippen LogP contribution in [0.3, 0.4) is 0 Å². The molecular formula is C71H119NO10. The summed E-state index contributed by atoms with van der Waals surface area (Å²) in [7, 11) is 0. The number of hydrogen-bond donors (Lipinski definition) is 6. The van der Waals surface area contributed by atoms with Gasteiger partial charge in [0.2, 0.25) is 5.91 Å². The van der Waals surface area contributed by atoms with Gasteiger partial charge >= 0.3 is 5.97 Å². The molecule has 1 fully saturated rings. The van der Waals surface area contributed by atoms with Crippen molar-refractivity contribution in [1.82, 2.24) is 5.32 Å². The summed E-state index contributed by atoms with van der Waals surface area (Å²) in [5.41, 5.74) is 0. The molecule has 8 atom stereocenters. The van der Waals surface area contributed by atoms with Crippen molar-refractivity contribution in [2.75, 3.05) is 13.2 Å². The molecule has 468 valence electrons. The smallest absolute Gasteiger partial charge is 0.306 e. The molecule has 8 unspecified atom stereocenters. The third-order valence-corrected chi connectivity index (χ3v) is 14.6. The Labute approximate surface area is 500 Å². The Morgan fingerprint density at radius 3 is 1.34 bits per heavy atom. The number of carbonyl (C=O) groups is 2. The van der Waals surface area contributed by atoms with Gasteiger partial charge in [0.05, 0.1) is 25.4 Å². The van der Waals surface area contributed by atoms with Crippen molar-refractivity contribution >= 4 is 11.9 Å². The van der Waals surface area contributed by atoms with E-state index in [1.165, 1.54) is 89.9 Å². The first kappa shape index (κ1) is 76.1. The molecule has 1 saturated heterocycles. The lowest BCUT2D eigenvalue weighted by atomic mass is 9.99. The van der Waals surface area contributed by atoms with E-state index in [1.54, 1.807) is 6.08 Å². The van der Waals surface area contributed by atoms with E-state index in [4.69, 9.17) is 14.2 Å². The van der Waals surface area contributed by atoms with E-state index in [-0.39, 0.29) is 19.4 Å². The minimum atomic E-state index is -1.65. The lowest BCUT2D eigenvalue weighted by Crippen LogP contribution is -2.61. The van der Waals surface area contributed by atoms with Crippen LogP contribution in [-0.2, 0) is 23.8 Å².